The summed E-state index contributed by atoms with van der Waals surface area (Å²) in [5.74, 6) is -2.59. The molecule has 7 nitrogen and oxygen atoms in total. The van der Waals surface area contributed by atoms with E-state index in [-0.39, 0.29) is 19.3 Å². The van der Waals surface area contributed by atoms with Gasteiger partial charge in [0.05, 0.1) is 5.69 Å². The molecule has 172 valence electrons. The van der Waals surface area contributed by atoms with Crippen LogP contribution in [0.4, 0.5) is 32.0 Å². The summed E-state index contributed by atoms with van der Waals surface area (Å²) in [5, 5.41) is 17.0. The molecule has 0 spiro atoms. The summed E-state index contributed by atoms with van der Waals surface area (Å²) in [6, 6.07) is 0.552. The van der Waals surface area contributed by atoms with Crippen molar-refractivity contribution in [2.45, 2.75) is 69.5 Å². The summed E-state index contributed by atoms with van der Waals surface area (Å²) in [4.78, 5) is 3.75. The molecule has 0 saturated carbocycles. The van der Waals surface area contributed by atoms with Gasteiger partial charge in [-0.1, -0.05) is 13.3 Å². The molecular weight excluding hydrogens is 434 g/mol. The number of fused-ring (bicyclic) bond motifs is 5. The third-order valence-electron chi connectivity index (χ3n) is 5.07. The van der Waals surface area contributed by atoms with Gasteiger partial charge in [-0.25, -0.2) is 4.98 Å². The number of nitrogen functional groups attached to an aromatic ring is 1. The van der Waals surface area contributed by atoms with Gasteiger partial charge in [0.25, 0.3) is 11.8 Å². The van der Waals surface area contributed by atoms with Crippen molar-refractivity contribution in [3.05, 3.63) is 17.5 Å². The molecule has 4 bridgehead atoms. The molecule has 31 heavy (non-hydrogen) atoms. The van der Waals surface area contributed by atoms with Crippen LogP contribution in [0.3, 0.4) is 0 Å². The third-order valence-corrected chi connectivity index (χ3v) is 5.07. The highest BCUT2D eigenvalue weighted by molar-refractivity contribution is 5.68. The number of ether oxygens (including phenoxy) is 1. The maximum Gasteiger partial charge on any atom is 0.426 e. The number of aromatic nitrogens is 3. The van der Waals surface area contributed by atoms with Gasteiger partial charge in [-0.05, 0) is 38.2 Å². The second-order valence-electron chi connectivity index (χ2n) is 7.29. The largest absolute Gasteiger partial charge is 0.474 e. The molecular formula is C18H20F6N4O3. The topological polar surface area (TPSA) is 107 Å². The molecule has 2 atom stereocenters. The summed E-state index contributed by atoms with van der Waals surface area (Å²) < 4.78 is 91.8. The van der Waals surface area contributed by atoms with E-state index in [2.05, 4.69) is 15.2 Å². The van der Waals surface area contributed by atoms with Gasteiger partial charge in [-0.2, -0.15) is 26.3 Å². The fraction of sp³-hybridized carbons (Fsp3) is 0.611. The van der Waals surface area contributed by atoms with Gasteiger partial charge < -0.3 is 20.0 Å². The van der Waals surface area contributed by atoms with E-state index in [1.807, 2.05) is 0 Å². The lowest BCUT2D eigenvalue weighted by Gasteiger charge is -2.27. The van der Waals surface area contributed by atoms with Crippen LogP contribution in [0.25, 0.3) is 11.6 Å². The number of nitrogens with zero attached hydrogens (tertiary/aromatic N) is 3. The Bertz CT molecular complexity index is 930. The van der Waals surface area contributed by atoms with Gasteiger partial charge in [0.15, 0.2) is 5.69 Å². The Labute approximate surface area is 172 Å². The first-order chi connectivity index (χ1) is 14.4. The van der Waals surface area contributed by atoms with Crippen LogP contribution >= 0.6 is 0 Å². The highest BCUT2D eigenvalue weighted by atomic mass is 19.4. The predicted molar refractivity (Wildman–Crippen MR) is 94.7 cm³/mol. The molecule has 3 N–H and O–H groups in total. The lowest BCUT2D eigenvalue weighted by Crippen LogP contribution is -2.42. The number of aliphatic hydroxyl groups is 1. The number of hydrogen-bond acceptors (Lipinski definition) is 7. The molecule has 0 aliphatic carbocycles. The zero-order valence-electron chi connectivity index (χ0n) is 16.3. The van der Waals surface area contributed by atoms with Crippen molar-refractivity contribution in [2.75, 3.05) is 5.73 Å². The lowest BCUT2D eigenvalue weighted by molar-refractivity contribution is -0.277. The first kappa shape index (κ1) is 23.1. The number of hydrogen-bond donors (Lipinski definition) is 2. The average molecular weight is 454 g/mol. The number of anilines is 1. The highest BCUT2D eigenvalue weighted by Gasteiger charge is 2.58. The Morgan fingerprint density at radius 3 is 2.48 bits per heavy atom. The normalized spacial score (nSPS) is 23.2. The van der Waals surface area contributed by atoms with Gasteiger partial charge in [0.2, 0.25) is 11.5 Å². The fourth-order valence-electron chi connectivity index (χ4n) is 3.27. The number of nitrogens with two attached hydrogens (primary N) is 1. The van der Waals surface area contributed by atoms with Crippen LogP contribution in [0, 0.1) is 0 Å². The SMILES string of the molecule is CCC1CCCCC[C@](O)(C(F)(F)F)c2nnc(o2)-c2nc(c(C(F)(F)F)cc2N)O1. The van der Waals surface area contributed by atoms with Crippen LogP contribution < -0.4 is 10.5 Å². The van der Waals surface area contributed by atoms with Gasteiger partial charge in [0, 0.05) is 0 Å². The van der Waals surface area contributed by atoms with Crippen LogP contribution in [0.2, 0.25) is 0 Å². The molecule has 0 aromatic carbocycles. The molecule has 1 unspecified atom stereocenters. The maximum atomic E-state index is 13.6. The number of alkyl halides is 6. The number of rotatable bonds is 1. The highest BCUT2D eigenvalue weighted by Crippen LogP contribution is 2.44. The second kappa shape index (κ2) is 8.17. The van der Waals surface area contributed by atoms with Crippen LogP contribution in [-0.2, 0) is 11.8 Å². The minimum atomic E-state index is -5.12. The van der Waals surface area contributed by atoms with E-state index in [1.165, 1.54) is 0 Å². The smallest absolute Gasteiger partial charge is 0.426 e. The van der Waals surface area contributed by atoms with E-state index in [0.717, 1.165) is 0 Å². The number of pyridine rings is 1. The quantitative estimate of drug-likeness (QED) is 0.606. The van der Waals surface area contributed by atoms with Crippen LogP contribution in [0.15, 0.2) is 10.5 Å². The predicted octanol–water partition coefficient (Wildman–Crippen LogP) is 4.60. The first-order valence-corrected chi connectivity index (χ1v) is 9.54. The monoisotopic (exact) mass is 454 g/mol. The summed E-state index contributed by atoms with van der Waals surface area (Å²) in [6.07, 6.45) is -10.1. The molecule has 13 heteroatoms. The zero-order valence-corrected chi connectivity index (χ0v) is 16.3. The van der Waals surface area contributed by atoms with E-state index in [9.17, 15) is 31.4 Å². The number of halogens is 6. The van der Waals surface area contributed by atoms with Crippen molar-refractivity contribution in [2.24, 2.45) is 0 Å². The van der Waals surface area contributed by atoms with Gasteiger partial charge in [-0.3, -0.25) is 0 Å². The van der Waals surface area contributed by atoms with Crippen molar-refractivity contribution >= 4 is 5.69 Å². The van der Waals surface area contributed by atoms with E-state index >= 15 is 0 Å². The van der Waals surface area contributed by atoms with Gasteiger partial charge >= 0.3 is 12.4 Å². The Balaban J connectivity index is 2.18. The standard InChI is InChI=1S/C18H20F6N4O3/c1-2-9-6-4-3-5-7-16(29,18(22,23)24)15-28-27-14(31-15)12-11(25)8-10(17(19,20)21)13(26-12)30-9/h8-9,29H,2-7,25H2,1H3/t9?,16-/m1/s1. The van der Waals surface area contributed by atoms with Crippen LogP contribution in [-0.4, -0.2) is 32.6 Å². The lowest BCUT2D eigenvalue weighted by atomic mass is 9.94. The van der Waals surface area contributed by atoms with E-state index < -0.39 is 65.1 Å². The Hall–Kier alpha value is -2.57. The Morgan fingerprint density at radius 1 is 1.16 bits per heavy atom. The summed E-state index contributed by atoms with van der Waals surface area (Å²) in [5.41, 5.74) is -0.00702. The van der Waals surface area contributed by atoms with Gasteiger partial charge in [-0.15, -0.1) is 10.2 Å². The van der Waals surface area contributed by atoms with E-state index in [4.69, 9.17) is 14.9 Å². The molecule has 1 aliphatic rings. The molecule has 3 heterocycles. The molecule has 0 radical (unpaired) electrons. The molecule has 2 aromatic heterocycles. The summed E-state index contributed by atoms with van der Waals surface area (Å²) in [6.45, 7) is 1.70. The molecule has 1 aliphatic heterocycles. The second-order valence-corrected chi connectivity index (χ2v) is 7.29. The third kappa shape index (κ3) is 4.55. The van der Waals surface area contributed by atoms with E-state index in [1.54, 1.807) is 6.92 Å². The average Bonchev–Trinajstić information content (AvgIpc) is 3.15. The molecule has 2 aromatic rings. The molecule has 0 saturated heterocycles. The van der Waals surface area contributed by atoms with Crippen molar-refractivity contribution in [1.82, 2.24) is 15.2 Å². The van der Waals surface area contributed by atoms with Crippen molar-refractivity contribution in [3.8, 4) is 17.5 Å². The minimum Gasteiger partial charge on any atom is -0.474 e. The maximum absolute atomic E-state index is 13.6. The van der Waals surface area contributed by atoms with E-state index in [0.29, 0.717) is 18.9 Å². The van der Waals surface area contributed by atoms with Crippen LogP contribution in [0.5, 0.6) is 5.88 Å². The van der Waals surface area contributed by atoms with Crippen molar-refractivity contribution in [3.63, 3.8) is 0 Å². The first-order valence-electron chi connectivity index (χ1n) is 9.54. The Morgan fingerprint density at radius 2 is 1.87 bits per heavy atom. The van der Waals surface area contributed by atoms with Crippen molar-refractivity contribution in [1.29, 1.82) is 0 Å². The summed E-state index contributed by atoms with van der Waals surface area (Å²) >= 11 is 0. The van der Waals surface area contributed by atoms with Gasteiger partial charge in [0.1, 0.15) is 11.7 Å². The minimum absolute atomic E-state index is 0.0381. The molecule has 3 rings (SSSR count). The fourth-order valence-corrected chi connectivity index (χ4v) is 3.27. The van der Waals surface area contributed by atoms with Crippen molar-refractivity contribution < 1.29 is 40.6 Å². The molecule has 0 fully saturated rings. The zero-order chi connectivity index (χ0) is 23.0. The molecule has 0 amide bonds. The Kier molecular flexibility index (Phi) is 6.09. The summed E-state index contributed by atoms with van der Waals surface area (Å²) in [7, 11) is 0. The van der Waals surface area contributed by atoms with Crippen LogP contribution in [0.1, 0.15) is 56.9 Å².